The third kappa shape index (κ3) is 3.96. The van der Waals surface area contributed by atoms with Crippen LogP contribution in [0.2, 0.25) is 0 Å². The molecule has 0 radical (unpaired) electrons. The lowest BCUT2D eigenvalue weighted by atomic mass is 9.97. The van der Waals surface area contributed by atoms with Gasteiger partial charge in [-0.15, -0.1) is 0 Å². The topological polar surface area (TPSA) is 72.1 Å². The molecule has 0 bridgehead atoms. The second kappa shape index (κ2) is 7.26. The van der Waals surface area contributed by atoms with Crippen molar-refractivity contribution in [1.29, 1.82) is 0 Å². The molecule has 0 saturated carbocycles. The quantitative estimate of drug-likeness (QED) is 0.635. The van der Waals surface area contributed by atoms with Gasteiger partial charge in [-0.25, -0.2) is 9.07 Å². The molecule has 152 valence electrons. The average molecular weight is 408 g/mol. The smallest absolute Gasteiger partial charge is 0.410 e. The van der Waals surface area contributed by atoms with Crippen molar-refractivity contribution in [2.45, 2.75) is 31.2 Å². The molecule has 29 heavy (non-hydrogen) atoms. The van der Waals surface area contributed by atoms with Gasteiger partial charge in [-0.3, -0.25) is 4.79 Å². The molecule has 3 heterocycles. The molecule has 0 aliphatic carbocycles. The van der Waals surface area contributed by atoms with E-state index >= 15 is 0 Å². The number of amides is 1. The van der Waals surface area contributed by atoms with Crippen LogP contribution in [0, 0.1) is 5.82 Å². The molecule has 1 amide bonds. The van der Waals surface area contributed by atoms with Crippen molar-refractivity contribution in [1.82, 2.24) is 15.1 Å². The number of alkyl halides is 3. The van der Waals surface area contributed by atoms with E-state index in [9.17, 15) is 22.4 Å². The molecule has 0 spiro atoms. The number of carbonyl (C=O) groups is 1. The number of nitrogens with one attached hydrogen (secondary N) is 2. The lowest BCUT2D eigenvalue weighted by Gasteiger charge is -2.33. The Balaban J connectivity index is 1.59. The van der Waals surface area contributed by atoms with Crippen molar-refractivity contribution in [2.24, 2.45) is 0 Å². The lowest BCUT2D eigenvalue weighted by molar-refractivity contribution is -0.173. The number of fused-ring (bicyclic) bond motifs is 1. The lowest BCUT2D eigenvalue weighted by Crippen LogP contribution is -2.35. The summed E-state index contributed by atoms with van der Waals surface area (Å²) in [4.78, 5) is 12.3. The maximum absolute atomic E-state index is 13.7. The van der Waals surface area contributed by atoms with Gasteiger partial charge >= 0.3 is 6.18 Å². The Bertz CT molecular complexity index is 996. The van der Waals surface area contributed by atoms with Gasteiger partial charge in [0.1, 0.15) is 17.4 Å². The van der Waals surface area contributed by atoms with Crippen LogP contribution in [0.4, 0.5) is 23.4 Å². The van der Waals surface area contributed by atoms with E-state index in [0.29, 0.717) is 11.3 Å². The fourth-order valence-corrected chi connectivity index (χ4v) is 3.27. The number of halogens is 4. The van der Waals surface area contributed by atoms with E-state index in [1.165, 1.54) is 36.6 Å². The highest BCUT2D eigenvalue weighted by atomic mass is 19.4. The number of hydrogen-bond acceptors (Lipinski definition) is 4. The maximum Gasteiger partial charge on any atom is 0.410 e. The van der Waals surface area contributed by atoms with Crippen LogP contribution in [-0.2, 0) is 6.54 Å². The summed E-state index contributed by atoms with van der Waals surface area (Å²) in [6.45, 7) is 0.0857. The van der Waals surface area contributed by atoms with E-state index in [1.54, 1.807) is 12.1 Å². The van der Waals surface area contributed by atoms with Gasteiger partial charge in [0.25, 0.3) is 5.91 Å². The Labute approximate surface area is 162 Å². The summed E-state index contributed by atoms with van der Waals surface area (Å²) in [7, 11) is 0. The number of hydrogen-bond donors (Lipinski definition) is 2. The summed E-state index contributed by atoms with van der Waals surface area (Å²) >= 11 is 0. The first-order valence-electron chi connectivity index (χ1n) is 8.80. The van der Waals surface area contributed by atoms with E-state index in [1.807, 2.05) is 0 Å². The highest BCUT2D eigenvalue weighted by Gasteiger charge is 2.46. The van der Waals surface area contributed by atoms with E-state index in [-0.39, 0.29) is 24.5 Å². The third-order valence-electron chi connectivity index (χ3n) is 4.70. The molecule has 2 atom stereocenters. The fourth-order valence-electron chi connectivity index (χ4n) is 3.27. The molecule has 1 aromatic carbocycles. The van der Waals surface area contributed by atoms with Crippen LogP contribution in [0.15, 0.2) is 53.1 Å². The third-order valence-corrected chi connectivity index (χ3v) is 4.70. The minimum atomic E-state index is -4.57. The molecule has 1 aliphatic heterocycles. The Morgan fingerprint density at radius 3 is 2.69 bits per heavy atom. The molecule has 0 saturated heterocycles. The number of benzene rings is 1. The molecule has 3 aromatic rings. The Morgan fingerprint density at radius 2 is 2.03 bits per heavy atom. The van der Waals surface area contributed by atoms with Gasteiger partial charge in [0.05, 0.1) is 18.8 Å². The minimum Gasteiger partial charge on any atom is -0.467 e. The second-order valence-electron chi connectivity index (χ2n) is 6.66. The molecule has 2 aromatic heterocycles. The van der Waals surface area contributed by atoms with Crippen molar-refractivity contribution < 1.29 is 26.8 Å². The normalized spacial score (nSPS) is 18.8. The Kier molecular flexibility index (Phi) is 4.77. The summed E-state index contributed by atoms with van der Waals surface area (Å²) in [5, 5.41) is 9.39. The average Bonchev–Trinajstić information content (AvgIpc) is 3.34. The Morgan fingerprint density at radius 1 is 1.28 bits per heavy atom. The van der Waals surface area contributed by atoms with Crippen LogP contribution >= 0.6 is 0 Å². The molecular weight excluding hydrogens is 392 g/mol. The number of carbonyl (C=O) groups excluding carboxylic acids is 1. The van der Waals surface area contributed by atoms with Crippen molar-refractivity contribution in [3.05, 3.63) is 71.6 Å². The monoisotopic (exact) mass is 408 g/mol. The van der Waals surface area contributed by atoms with E-state index in [4.69, 9.17) is 4.42 Å². The summed E-state index contributed by atoms with van der Waals surface area (Å²) in [5.74, 6) is -0.525. The van der Waals surface area contributed by atoms with E-state index in [2.05, 4.69) is 15.7 Å². The van der Waals surface area contributed by atoms with Crippen molar-refractivity contribution >= 4 is 11.7 Å². The molecule has 4 rings (SSSR count). The zero-order valence-electron chi connectivity index (χ0n) is 14.9. The Hall–Kier alpha value is -3.30. The fraction of sp³-hybridized carbons (Fsp3) is 0.263. The van der Waals surface area contributed by atoms with Crippen LogP contribution < -0.4 is 10.6 Å². The summed E-state index contributed by atoms with van der Waals surface area (Å²) in [6, 6.07) is 7.22. The molecule has 2 N–H and O–H groups in total. The van der Waals surface area contributed by atoms with Gasteiger partial charge in [-0.2, -0.15) is 18.3 Å². The van der Waals surface area contributed by atoms with Gasteiger partial charge < -0.3 is 15.1 Å². The van der Waals surface area contributed by atoms with Gasteiger partial charge in [-0.05, 0) is 29.8 Å². The number of rotatable bonds is 4. The van der Waals surface area contributed by atoms with Crippen molar-refractivity contribution in [2.75, 3.05) is 5.32 Å². The van der Waals surface area contributed by atoms with Crippen LogP contribution in [0.3, 0.4) is 0 Å². The second-order valence-corrected chi connectivity index (χ2v) is 6.66. The van der Waals surface area contributed by atoms with Crippen LogP contribution in [0.5, 0.6) is 0 Å². The first-order valence-corrected chi connectivity index (χ1v) is 8.80. The van der Waals surface area contributed by atoms with Crippen LogP contribution in [0.1, 0.15) is 40.3 Å². The van der Waals surface area contributed by atoms with Crippen LogP contribution in [-0.4, -0.2) is 21.9 Å². The summed E-state index contributed by atoms with van der Waals surface area (Å²) in [5.41, 5.74) is 0.366. The first-order chi connectivity index (χ1) is 13.8. The predicted molar refractivity (Wildman–Crippen MR) is 94.6 cm³/mol. The number of nitrogens with zero attached hydrogens (tertiary/aromatic N) is 2. The highest BCUT2D eigenvalue weighted by molar-refractivity contribution is 5.93. The number of anilines is 1. The summed E-state index contributed by atoms with van der Waals surface area (Å²) in [6.07, 6.45) is -3.45. The molecule has 10 heteroatoms. The largest absolute Gasteiger partial charge is 0.467 e. The maximum atomic E-state index is 13.7. The standard InChI is InChI=1S/C19H16F4N4O2/c20-12-5-3-11(4-6-12)14-8-16(19(21,22)23)27-17(25-14)9-15(26-27)18(28)24-10-13-2-1-7-29-13/h1-7,9,14,16,25H,8,10H2,(H,24,28). The molecule has 6 nitrogen and oxygen atoms in total. The highest BCUT2D eigenvalue weighted by Crippen LogP contribution is 2.43. The van der Waals surface area contributed by atoms with Crippen LogP contribution in [0.25, 0.3) is 0 Å². The van der Waals surface area contributed by atoms with Gasteiger partial charge in [0.15, 0.2) is 11.7 Å². The van der Waals surface area contributed by atoms with E-state index in [0.717, 1.165) is 4.68 Å². The predicted octanol–water partition coefficient (Wildman–Crippen LogP) is 4.21. The minimum absolute atomic E-state index is 0.0658. The van der Waals surface area contributed by atoms with Gasteiger partial charge in [0.2, 0.25) is 0 Å². The van der Waals surface area contributed by atoms with Gasteiger partial charge in [0, 0.05) is 12.5 Å². The zero-order chi connectivity index (χ0) is 20.6. The zero-order valence-corrected chi connectivity index (χ0v) is 14.9. The molecule has 0 fully saturated rings. The SMILES string of the molecule is O=C(NCc1ccco1)c1cc2n(n1)C(C(F)(F)F)CC(c1ccc(F)cc1)N2. The molecule has 1 aliphatic rings. The summed E-state index contributed by atoms with van der Waals surface area (Å²) < 4.78 is 60.0. The van der Waals surface area contributed by atoms with Gasteiger partial charge in [-0.1, -0.05) is 12.1 Å². The van der Waals surface area contributed by atoms with Crippen molar-refractivity contribution in [3.8, 4) is 0 Å². The number of aromatic nitrogens is 2. The van der Waals surface area contributed by atoms with E-state index < -0.39 is 30.0 Å². The first kappa shape index (κ1) is 19.0. The molecular formula is C19H16F4N4O2. The van der Waals surface area contributed by atoms with Crippen molar-refractivity contribution in [3.63, 3.8) is 0 Å². The molecule has 2 unspecified atom stereocenters. The number of furan rings is 1.